The van der Waals surface area contributed by atoms with Gasteiger partial charge in [-0.05, 0) is 30.3 Å². The Hall–Kier alpha value is -1.39. The average molecular weight is 372 g/mol. The van der Waals surface area contributed by atoms with Crippen LogP contribution in [0.15, 0.2) is 46.9 Å². The van der Waals surface area contributed by atoms with Gasteiger partial charge in [0.1, 0.15) is 30.5 Å². The third-order valence-electron chi connectivity index (χ3n) is 2.84. The molecule has 0 N–H and O–H groups in total. The van der Waals surface area contributed by atoms with Gasteiger partial charge in [0.2, 0.25) is 0 Å². The van der Waals surface area contributed by atoms with Crippen LogP contribution in [-0.4, -0.2) is 20.3 Å². The normalized spacial score (nSPS) is 10.2. The monoisotopic (exact) mass is 370 g/mol. The Labute approximate surface area is 137 Å². The highest BCUT2D eigenvalue weighted by Crippen LogP contribution is 2.26. The van der Waals surface area contributed by atoms with E-state index in [9.17, 15) is 0 Å². The first-order chi connectivity index (χ1) is 10.2. The van der Waals surface area contributed by atoms with E-state index >= 15 is 0 Å². The van der Waals surface area contributed by atoms with Gasteiger partial charge in [0, 0.05) is 16.1 Å². The van der Waals surface area contributed by atoms with Gasteiger partial charge in [-0.2, -0.15) is 0 Å². The van der Waals surface area contributed by atoms with Gasteiger partial charge in [-0.15, -0.1) is 11.6 Å². The van der Waals surface area contributed by atoms with E-state index in [2.05, 4.69) is 15.9 Å². The molecule has 0 saturated heterocycles. The van der Waals surface area contributed by atoms with Crippen molar-refractivity contribution in [1.29, 1.82) is 0 Å². The molecule has 5 heteroatoms. The second-order valence-corrected chi connectivity index (χ2v) is 5.44. The summed E-state index contributed by atoms with van der Waals surface area (Å²) in [5, 5.41) is 0. The fourth-order valence-electron chi connectivity index (χ4n) is 1.75. The molecule has 112 valence electrons. The summed E-state index contributed by atoms with van der Waals surface area (Å²) in [5.74, 6) is 2.67. The fraction of sp³-hybridized carbons (Fsp3) is 0.250. The SMILES string of the molecule is COc1ccc(CCl)c(OCCOc2ccc(Br)cc2)c1. The van der Waals surface area contributed by atoms with E-state index in [4.69, 9.17) is 25.8 Å². The molecule has 2 aromatic carbocycles. The first-order valence-electron chi connectivity index (χ1n) is 6.47. The van der Waals surface area contributed by atoms with Crippen molar-refractivity contribution in [3.8, 4) is 17.2 Å². The number of alkyl halides is 1. The molecular weight excluding hydrogens is 356 g/mol. The highest BCUT2D eigenvalue weighted by molar-refractivity contribution is 9.10. The molecule has 0 aliphatic heterocycles. The maximum absolute atomic E-state index is 5.89. The van der Waals surface area contributed by atoms with Crippen LogP contribution in [-0.2, 0) is 5.88 Å². The lowest BCUT2D eigenvalue weighted by atomic mass is 10.2. The Bertz CT molecular complexity index is 572. The number of benzene rings is 2. The minimum Gasteiger partial charge on any atom is -0.497 e. The van der Waals surface area contributed by atoms with Crippen molar-refractivity contribution in [3.05, 3.63) is 52.5 Å². The maximum Gasteiger partial charge on any atom is 0.127 e. The fourth-order valence-corrected chi connectivity index (χ4v) is 2.23. The summed E-state index contributed by atoms with van der Waals surface area (Å²) in [6.07, 6.45) is 0. The van der Waals surface area contributed by atoms with Crippen LogP contribution >= 0.6 is 27.5 Å². The van der Waals surface area contributed by atoms with E-state index in [1.54, 1.807) is 7.11 Å². The summed E-state index contributed by atoms with van der Waals surface area (Å²) in [6.45, 7) is 0.897. The Morgan fingerprint density at radius 2 is 1.62 bits per heavy atom. The summed E-state index contributed by atoms with van der Waals surface area (Å²) in [4.78, 5) is 0. The molecule has 2 rings (SSSR count). The predicted octanol–water partition coefficient (Wildman–Crippen LogP) is 4.65. The molecule has 0 radical (unpaired) electrons. The molecule has 2 aromatic rings. The van der Waals surface area contributed by atoms with Crippen LogP contribution in [0.5, 0.6) is 17.2 Å². The van der Waals surface area contributed by atoms with Gasteiger partial charge in [-0.1, -0.05) is 22.0 Å². The molecule has 3 nitrogen and oxygen atoms in total. The lowest BCUT2D eigenvalue weighted by Crippen LogP contribution is -2.09. The summed E-state index contributed by atoms with van der Waals surface area (Å²) >= 11 is 9.28. The van der Waals surface area contributed by atoms with Crippen molar-refractivity contribution in [2.45, 2.75) is 5.88 Å². The molecule has 0 unspecified atom stereocenters. The molecule has 0 fully saturated rings. The van der Waals surface area contributed by atoms with Gasteiger partial charge in [-0.3, -0.25) is 0 Å². The topological polar surface area (TPSA) is 27.7 Å². The van der Waals surface area contributed by atoms with Crippen molar-refractivity contribution in [2.24, 2.45) is 0 Å². The maximum atomic E-state index is 5.89. The van der Waals surface area contributed by atoms with Gasteiger partial charge in [-0.25, -0.2) is 0 Å². The molecule has 0 aliphatic rings. The van der Waals surface area contributed by atoms with Crippen LogP contribution in [0, 0.1) is 0 Å². The zero-order chi connectivity index (χ0) is 15.1. The number of hydrogen-bond donors (Lipinski definition) is 0. The van der Waals surface area contributed by atoms with Crippen molar-refractivity contribution in [3.63, 3.8) is 0 Å². The minimum atomic E-state index is 0.396. The van der Waals surface area contributed by atoms with E-state index in [1.807, 2.05) is 42.5 Å². The summed E-state index contributed by atoms with van der Waals surface area (Å²) in [7, 11) is 1.62. The van der Waals surface area contributed by atoms with Crippen LogP contribution < -0.4 is 14.2 Å². The number of hydrogen-bond acceptors (Lipinski definition) is 3. The van der Waals surface area contributed by atoms with Crippen molar-refractivity contribution in [2.75, 3.05) is 20.3 Å². The second kappa shape index (κ2) is 8.15. The predicted molar refractivity (Wildman–Crippen MR) is 87.7 cm³/mol. The Morgan fingerprint density at radius 3 is 2.29 bits per heavy atom. The number of halogens is 2. The van der Waals surface area contributed by atoms with Gasteiger partial charge >= 0.3 is 0 Å². The average Bonchev–Trinajstić information content (AvgIpc) is 2.53. The Morgan fingerprint density at radius 1 is 0.952 bits per heavy atom. The third-order valence-corrected chi connectivity index (χ3v) is 3.66. The van der Waals surface area contributed by atoms with Crippen LogP contribution in [0.1, 0.15) is 5.56 Å². The second-order valence-electron chi connectivity index (χ2n) is 4.26. The number of rotatable bonds is 7. The number of methoxy groups -OCH3 is 1. The summed E-state index contributed by atoms with van der Waals surface area (Å²) in [6, 6.07) is 13.3. The molecule has 0 heterocycles. The van der Waals surface area contributed by atoms with E-state index in [0.29, 0.717) is 19.1 Å². The summed E-state index contributed by atoms with van der Waals surface area (Å²) < 4.78 is 17.5. The number of ether oxygens (including phenoxy) is 3. The standard InChI is InChI=1S/C16H16BrClO3/c1-19-15-5-2-12(11-18)16(10-15)21-9-8-20-14-6-3-13(17)4-7-14/h2-7,10H,8-9,11H2,1H3. The molecule has 0 spiro atoms. The largest absolute Gasteiger partial charge is 0.497 e. The quantitative estimate of drug-likeness (QED) is 0.523. The lowest BCUT2D eigenvalue weighted by Gasteiger charge is -2.12. The Kier molecular flexibility index (Phi) is 6.21. The first-order valence-corrected chi connectivity index (χ1v) is 7.79. The van der Waals surface area contributed by atoms with Crippen molar-refractivity contribution < 1.29 is 14.2 Å². The van der Waals surface area contributed by atoms with Gasteiger partial charge in [0.25, 0.3) is 0 Å². The molecular formula is C16H16BrClO3. The van der Waals surface area contributed by atoms with E-state index in [1.165, 1.54) is 0 Å². The lowest BCUT2D eigenvalue weighted by molar-refractivity contribution is 0.215. The van der Waals surface area contributed by atoms with Crippen molar-refractivity contribution >= 4 is 27.5 Å². The van der Waals surface area contributed by atoms with E-state index < -0.39 is 0 Å². The molecule has 0 atom stereocenters. The smallest absolute Gasteiger partial charge is 0.127 e. The highest BCUT2D eigenvalue weighted by atomic mass is 79.9. The van der Waals surface area contributed by atoms with Crippen LogP contribution in [0.3, 0.4) is 0 Å². The Balaban J connectivity index is 1.86. The van der Waals surface area contributed by atoms with Crippen LogP contribution in [0.25, 0.3) is 0 Å². The molecule has 0 bridgehead atoms. The van der Waals surface area contributed by atoms with E-state index in [-0.39, 0.29) is 0 Å². The first kappa shape index (κ1) is 16.0. The molecule has 0 saturated carbocycles. The zero-order valence-electron chi connectivity index (χ0n) is 11.6. The molecule has 0 amide bonds. The van der Waals surface area contributed by atoms with E-state index in [0.717, 1.165) is 27.3 Å². The highest BCUT2D eigenvalue weighted by Gasteiger charge is 2.05. The third kappa shape index (κ3) is 4.83. The van der Waals surface area contributed by atoms with Crippen LogP contribution in [0.2, 0.25) is 0 Å². The van der Waals surface area contributed by atoms with Gasteiger partial charge in [0.05, 0.1) is 13.0 Å². The van der Waals surface area contributed by atoms with Crippen molar-refractivity contribution in [1.82, 2.24) is 0 Å². The molecule has 21 heavy (non-hydrogen) atoms. The van der Waals surface area contributed by atoms with Gasteiger partial charge in [0.15, 0.2) is 0 Å². The molecule has 0 aromatic heterocycles. The van der Waals surface area contributed by atoms with Gasteiger partial charge < -0.3 is 14.2 Å². The van der Waals surface area contributed by atoms with Crippen LogP contribution in [0.4, 0.5) is 0 Å². The molecule has 0 aliphatic carbocycles. The summed E-state index contributed by atoms with van der Waals surface area (Å²) in [5.41, 5.74) is 0.932. The minimum absolute atomic E-state index is 0.396. The zero-order valence-corrected chi connectivity index (χ0v) is 14.0.